The number of carboxylic acid groups (broad SMARTS) is 1. The Morgan fingerprint density at radius 2 is 0.674 bits per heavy atom. The molecular formula is C61H67ClO25S2. The Labute approximate surface area is 518 Å². The molecule has 0 unspecified atom stereocenters. The Morgan fingerprint density at radius 1 is 0.416 bits per heavy atom. The Hall–Kier alpha value is -9.67. The molecule has 0 amide bonds. The number of hydrogen-bond acceptors (Lipinski definition) is 24. The van der Waals surface area contributed by atoms with E-state index in [1.807, 2.05) is 27.6 Å². The highest BCUT2D eigenvalue weighted by molar-refractivity contribution is 8.13. The molecule has 0 aliphatic heterocycles. The summed E-state index contributed by atoms with van der Waals surface area (Å²) in [4.78, 5) is 108. The van der Waals surface area contributed by atoms with Crippen LogP contribution in [0.3, 0.4) is 0 Å². The van der Waals surface area contributed by atoms with Gasteiger partial charge < -0.3 is 52.9 Å². The average molecular weight is 1300 g/mol. The van der Waals surface area contributed by atoms with Crippen molar-refractivity contribution in [3.05, 3.63) is 200 Å². The first-order valence-corrected chi connectivity index (χ1v) is 28.9. The molecule has 2 N–H and O–H groups in total. The van der Waals surface area contributed by atoms with E-state index in [9.17, 15) is 55.2 Å². The Bertz CT molecular complexity index is 3470. The molecule has 0 aliphatic carbocycles. The molecule has 6 rings (SSSR count). The monoisotopic (exact) mass is 1300 g/mol. The standard InChI is InChI=1S/C18H18O7S.C12H14O4.C11H12O5.C10H10O4.C7H7ClO2S.C2H4O2.CH2O/c1-12-4-7-15(8-5-12)26(21,22)25-11-14-10-13(17(19)23-2)6-9-16(14)18(20)24-3;1-4-8-7-9(11(13)15-2)5-6-10(8)12(14)16-3;1-15-10(13)7-3-4-9(11(14)16-2)8(5-7)6-12;1-13-9(11)7-3-5-8(6-4-7)10(12)14-2;1-6-2-4-7(5-3-6)11(8,9)10;1-2(3)4;1-2/h4-10H,11H2,1-3H3;5-7H,4H2,1-3H3;3-5,12H,6H2,1-2H3;3-6H,1-2H3;2-5H,1H3;1H3,(H,3,4);1H2. The van der Waals surface area contributed by atoms with E-state index in [1.54, 1.807) is 42.5 Å². The van der Waals surface area contributed by atoms with Gasteiger partial charge in [0.25, 0.3) is 25.1 Å². The van der Waals surface area contributed by atoms with Crippen LogP contribution in [0.1, 0.15) is 125 Å². The maximum absolute atomic E-state index is 12.3. The van der Waals surface area contributed by atoms with Crippen LogP contribution in [0.2, 0.25) is 0 Å². The number of aryl methyl sites for hydroxylation is 3. The highest BCUT2D eigenvalue weighted by Gasteiger charge is 2.21. The summed E-state index contributed by atoms with van der Waals surface area (Å²) >= 11 is 0. The summed E-state index contributed by atoms with van der Waals surface area (Å²) in [6.45, 7) is 7.91. The highest BCUT2D eigenvalue weighted by Crippen LogP contribution is 2.21. The summed E-state index contributed by atoms with van der Waals surface area (Å²) in [7, 11) is 7.68. The number of hydrogen-bond donors (Lipinski definition) is 2. The van der Waals surface area contributed by atoms with Crippen LogP contribution >= 0.6 is 10.7 Å². The lowest BCUT2D eigenvalue weighted by Gasteiger charge is -2.11. The number of aliphatic hydroxyl groups excluding tert-OH is 1. The van der Waals surface area contributed by atoms with Crippen LogP contribution in [0.15, 0.2) is 137 Å². The fourth-order valence-electron chi connectivity index (χ4n) is 6.58. The number of ether oxygens (including phenoxy) is 8. The summed E-state index contributed by atoms with van der Waals surface area (Å²) in [6, 6.07) is 31.7. The number of halogens is 1. The lowest BCUT2D eigenvalue weighted by atomic mass is 10.0. The second kappa shape index (κ2) is 40.7. The van der Waals surface area contributed by atoms with E-state index < -0.39 is 79.5 Å². The van der Waals surface area contributed by atoms with Gasteiger partial charge in [-0.05, 0) is 140 Å². The molecule has 0 aliphatic rings. The van der Waals surface area contributed by atoms with Crippen molar-refractivity contribution in [2.75, 3.05) is 56.9 Å². The van der Waals surface area contributed by atoms with Crippen molar-refractivity contribution in [3.63, 3.8) is 0 Å². The van der Waals surface area contributed by atoms with Crippen molar-refractivity contribution in [2.45, 2.75) is 57.1 Å². The highest BCUT2D eigenvalue weighted by atomic mass is 35.7. The average Bonchev–Trinajstić information content (AvgIpc) is 3.16. The van der Waals surface area contributed by atoms with Gasteiger partial charge in [-0.25, -0.2) is 46.8 Å². The summed E-state index contributed by atoms with van der Waals surface area (Å²) in [6.07, 6.45) is 0.648. The third-order valence-electron chi connectivity index (χ3n) is 11.1. The largest absolute Gasteiger partial charge is 0.481 e. The normalized spacial score (nSPS) is 9.91. The second-order valence-electron chi connectivity index (χ2n) is 16.9. The predicted molar refractivity (Wildman–Crippen MR) is 320 cm³/mol. The molecule has 0 aromatic heterocycles. The molecule has 6 aromatic carbocycles. The van der Waals surface area contributed by atoms with Crippen LogP contribution in [-0.2, 0) is 90.5 Å². The molecule has 0 heterocycles. The van der Waals surface area contributed by atoms with Crippen molar-refractivity contribution in [1.82, 2.24) is 0 Å². The van der Waals surface area contributed by atoms with Crippen molar-refractivity contribution in [1.29, 1.82) is 0 Å². The zero-order valence-electron chi connectivity index (χ0n) is 50.4. The molecule has 6 aromatic rings. The zero-order chi connectivity index (χ0) is 68.2. The lowest BCUT2D eigenvalue weighted by Crippen LogP contribution is -2.12. The van der Waals surface area contributed by atoms with Gasteiger partial charge in [0.05, 0.1) is 124 Å². The molecule has 0 radical (unpaired) electrons. The SMILES string of the molecule is C=O.CC(=O)O.CCc1cc(C(=O)OC)ccc1C(=O)OC.COC(=O)c1ccc(C(=O)OC)c(CO)c1.COC(=O)c1ccc(C(=O)OC)c(COS(=O)(=O)c2ccc(C)cc2)c1.COC(=O)c1ccc(C(=O)OC)cc1.Cc1ccc(S(=O)(=O)Cl)cc1. The van der Waals surface area contributed by atoms with Gasteiger partial charge in [0, 0.05) is 17.6 Å². The topological polar surface area (TPSA) is 363 Å². The number of esters is 8. The maximum atomic E-state index is 12.3. The van der Waals surface area contributed by atoms with Crippen molar-refractivity contribution < 1.29 is 117 Å². The molecule has 0 fully saturated rings. The van der Waals surface area contributed by atoms with E-state index >= 15 is 0 Å². The molecule has 25 nitrogen and oxygen atoms in total. The second-order valence-corrected chi connectivity index (χ2v) is 21.1. The molecule has 89 heavy (non-hydrogen) atoms. The van der Waals surface area contributed by atoms with E-state index in [1.165, 1.54) is 142 Å². The first kappa shape index (κ1) is 79.3. The molecular weight excluding hydrogens is 1230 g/mol. The van der Waals surface area contributed by atoms with E-state index in [2.05, 4.69) is 37.9 Å². The van der Waals surface area contributed by atoms with Crippen LogP contribution < -0.4 is 0 Å². The lowest BCUT2D eigenvalue weighted by molar-refractivity contribution is -0.134. The molecule has 480 valence electrons. The quantitative estimate of drug-likeness (QED) is 0.0424. The minimum atomic E-state index is -4.03. The van der Waals surface area contributed by atoms with Gasteiger partial charge in [-0.2, -0.15) is 8.42 Å². The van der Waals surface area contributed by atoms with Crippen LogP contribution in [0.4, 0.5) is 0 Å². The smallest absolute Gasteiger partial charge is 0.338 e. The minimum absolute atomic E-state index is 0.00756. The fraction of sp³-hybridized carbons (Fsp3) is 0.246. The summed E-state index contributed by atoms with van der Waals surface area (Å²) in [5.41, 5.74) is 5.70. The zero-order valence-corrected chi connectivity index (χ0v) is 52.8. The first-order chi connectivity index (χ1) is 42.0. The minimum Gasteiger partial charge on any atom is -0.481 e. The van der Waals surface area contributed by atoms with Gasteiger partial charge in [-0.3, -0.25) is 8.98 Å². The van der Waals surface area contributed by atoms with E-state index in [-0.39, 0.29) is 44.2 Å². The number of aliphatic carboxylic acids is 1. The summed E-state index contributed by atoms with van der Waals surface area (Å²) < 4.78 is 87.7. The molecule has 0 spiro atoms. The molecule has 0 bridgehead atoms. The van der Waals surface area contributed by atoms with E-state index in [0.29, 0.717) is 34.2 Å². The predicted octanol–water partition coefficient (Wildman–Crippen LogP) is 8.14. The molecule has 0 atom stereocenters. The van der Waals surface area contributed by atoms with Crippen molar-refractivity contribution in [2.24, 2.45) is 0 Å². The van der Waals surface area contributed by atoms with Gasteiger partial charge in [-0.15, -0.1) is 0 Å². The van der Waals surface area contributed by atoms with Crippen LogP contribution in [-0.4, -0.2) is 144 Å². The number of methoxy groups -OCH3 is 8. The first-order valence-electron chi connectivity index (χ1n) is 25.2. The number of carbonyl (C=O) groups excluding carboxylic acids is 9. The van der Waals surface area contributed by atoms with Crippen molar-refractivity contribution in [3.8, 4) is 0 Å². The van der Waals surface area contributed by atoms with Gasteiger partial charge >= 0.3 is 47.8 Å². The molecule has 0 saturated heterocycles. The fourth-order valence-corrected chi connectivity index (χ4v) is 8.24. The van der Waals surface area contributed by atoms with E-state index in [0.717, 1.165) is 23.6 Å². The van der Waals surface area contributed by atoms with Crippen LogP contribution in [0.25, 0.3) is 0 Å². The number of aliphatic hydroxyl groups is 1. The van der Waals surface area contributed by atoms with Crippen LogP contribution in [0, 0.1) is 13.8 Å². The molecule has 0 saturated carbocycles. The summed E-state index contributed by atoms with van der Waals surface area (Å²) in [5.74, 6) is -4.87. The van der Waals surface area contributed by atoms with E-state index in [4.69, 9.17) is 34.7 Å². The van der Waals surface area contributed by atoms with Gasteiger partial charge in [0.1, 0.15) is 6.79 Å². The van der Waals surface area contributed by atoms with Gasteiger partial charge in [0.15, 0.2) is 0 Å². The Morgan fingerprint density at radius 3 is 0.966 bits per heavy atom. The number of benzene rings is 6. The van der Waals surface area contributed by atoms with Crippen LogP contribution in [0.5, 0.6) is 0 Å². The third kappa shape index (κ3) is 27.3. The number of rotatable bonds is 15. The Kier molecular flexibility index (Phi) is 36.2. The summed E-state index contributed by atoms with van der Waals surface area (Å²) in [5, 5.41) is 16.5. The van der Waals surface area contributed by atoms with Gasteiger partial charge in [0.2, 0.25) is 0 Å². The number of carbonyl (C=O) groups is 10. The van der Waals surface area contributed by atoms with Crippen molar-refractivity contribution >= 4 is 90.4 Å². The molecule has 28 heteroatoms. The third-order valence-corrected chi connectivity index (χ3v) is 13.7. The Balaban J connectivity index is 0.00000109. The number of carboxylic acids is 1. The van der Waals surface area contributed by atoms with Gasteiger partial charge in [-0.1, -0.05) is 42.3 Å². The maximum Gasteiger partial charge on any atom is 0.338 e.